The Bertz CT molecular complexity index is 580. The van der Waals surface area contributed by atoms with Gasteiger partial charge in [0.15, 0.2) is 0 Å². The Balaban J connectivity index is 2.30. The molecule has 0 bridgehead atoms. The highest BCUT2D eigenvalue weighted by Crippen LogP contribution is 2.28. The molecule has 4 nitrogen and oxygen atoms in total. The van der Waals surface area contributed by atoms with E-state index in [4.69, 9.17) is 5.84 Å². The van der Waals surface area contributed by atoms with Crippen LogP contribution in [-0.4, -0.2) is 9.78 Å². The molecule has 0 fully saturated rings. The minimum absolute atomic E-state index is 0.0293. The lowest BCUT2D eigenvalue weighted by molar-refractivity contribution is 0.528. The first-order valence-corrected chi connectivity index (χ1v) is 7.50. The van der Waals surface area contributed by atoms with E-state index in [2.05, 4.69) is 54.5 Å². The smallest absolute Gasteiger partial charge is 0.0596 e. The molecule has 1 heterocycles. The molecule has 0 aliphatic heterocycles. The molecule has 19 heavy (non-hydrogen) atoms. The Morgan fingerprint density at radius 1 is 1.37 bits per heavy atom. The molecule has 2 rings (SSSR count). The highest BCUT2D eigenvalue weighted by molar-refractivity contribution is 9.11. The van der Waals surface area contributed by atoms with Gasteiger partial charge in [0.05, 0.1) is 11.7 Å². The Kier molecular flexibility index (Phi) is 4.78. The van der Waals surface area contributed by atoms with Crippen LogP contribution in [0.4, 0.5) is 0 Å². The van der Waals surface area contributed by atoms with Gasteiger partial charge >= 0.3 is 0 Å². The average molecular weight is 388 g/mol. The Labute approximate surface area is 129 Å². The summed E-state index contributed by atoms with van der Waals surface area (Å²) in [6.45, 7) is 1.99. The molecule has 1 unspecified atom stereocenters. The average Bonchev–Trinajstić information content (AvgIpc) is 2.68. The van der Waals surface area contributed by atoms with E-state index in [-0.39, 0.29) is 6.04 Å². The molecule has 1 aromatic heterocycles. The molecule has 3 N–H and O–H groups in total. The van der Waals surface area contributed by atoms with Gasteiger partial charge in [-0.3, -0.25) is 16.0 Å². The van der Waals surface area contributed by atoms with Crippen molar-refractivity contribution in [1.82, 2.24) is 15.2 Å². The summed E-state index contributed by atoms with van der Waals surface area (Å²) < 4.78 is 3.97. The van der Waals surface area contributed by atoms with Crippen LogP contribution < -0.4 is 11.3 Å². The van der Waals surface area contributed by atoms with Gasteiger partial charge in [0.1, 0.15) is 0 Å². The van der Waals surface area contributed by atoms with Gasteiger partial charge < -0.3 is 0 Å². The maximum Gasteiger partial charge on any atom is 0.0596 e. The van der Waals surface area contributed by atoms with Gasteiger partial charge in [-0.15, -0.1) is 0 Å². The molecule has 2 aromatic rings. The van der Waals surface area contributed by atoms with Crippen molar-refractivity contribution < 1.29 is 0 Å². The van der Waals surface area contributed by atoms with Crippen LogP contribution in [0.5, 0.6) is 0 Å². The first-order chi connectivity index (χ1) is 9.01. The van der Waals surface area contributed by atoms with Gasteiger partial charge in [-0.1, -0.05) is 31.9 Å². The molecule has 0 spiro atoms. The predicted octanol–water partition coefficient (Wildman–Crippen LogP) is 3.00. The molecule has 0 aliphatic rings. The summed E-state index contributed by atoms with van der Waals surface area (Å²) in [5.41, 5.74) is 6.16. The first-order valence-electron chi connectivity index (χ1n) is 5.92. The summed E-state index contributed by atoms with van der Waals surface area (Å²) in [4.78, 5) is 0. The Morgan fingerprint density at radius 2 is 2.11 bits per heavy atom. The number of benzene rings is 1. The van der Waals surface area contributed by atoms with Crippen molar-refractivity contribution in [1.29, 1.82) is 0 Å². The molecule has 0 saturated heterocycles. The lowest BCUT2D eigenvalue weighted by atomic mass is 10.0. The highest BCUT2D eigenvalue weighted by Gasteiger charge is 2.16. The zero-order chi connectivity index (χ0) is 14.0. The summed E-state index contributed by atoms with van der Waals surface area (Å²) in [6, 6.07) is 8.18. The number of aromatic nitrogens is 2. The van der Waals surface area contributed by atoms with Crippen molar-refractivity contribution >= 4 is 31.9 Å². The maximum atomic E-state index is 5.71. The van der Waals surface area contributed by atoms with Crippen molar-refractivity contribution in [2.45, 2.75) is 19.4 Å². The zero-order valence-electron chi connectivity index (χ0n) is 10.8. The number of nitrogens with one attached hydrogen (secondary N) is 1. The van der Waals surface area contributed by atoms with E-state index in [0.717, 1.165) is 32.3 Å². The number of halogens is 2. The fourth-order valence-corrected chi connectivity index (χ4v) is 3.01. The van der Waals surface area contributed by atoms with Crippen LogP contribution in [0.25, 0.3) is 0 Å². The van der Waals surface area contributed by atoms with Crippen LogP contribution >= 0.6 is 31.9 Å². The van der Waals surface area contributed by atoms with Crippen molar-refractivity contribution in [3.63, 3.8) is 0 Å². The number of rotatable bonds is 4. The van der Waals surface area contributed by atoms with E-state index in [1.165, 1.54) is 0 Å². The summed E-state index contributed by atoms with van der Waals surface area (Å²) in [5.74, 6) is 5.71. The first kappa shape index (κ1) is 14.7. The number of hydrogen-bond donors (Lipinski definition) is 2. The van der Waals surface area contributed by atoms with E-state index in [9.17, 15) is 0 Å². The number of hydrogen-bond acceptors (Lipinski definition) is 3. The van der Waals surface area contributed by atoms with E-state index in [1.54, 1.807) is 0 Å². The second kappa shape index (κ2) is 6.17. The molecule has 6 heteroatoms. The third-order valence-electron chi connectivity index (χ3n) is 3.05. The molecule has 0 radical (unpaired) electrons. The van der Waals surface area contributed by atoms with Gasteiger partial charge in [-0.05, 0) is 36.8 Å². The Hall–Kier alpha value is -0.690. The fraction of sp³-hybridized carbons (Fsp3) is 0.308. The lowest BCUT2D eigenvalue weighted by Gasteiger charge is -2.18. The van der Waals surface area contributed by atoms with E-state index in [1.807, 2.05) is 30.8 Å². The predicted molar refractivity (Wildman–Crippen MR) is 83.6 cm³/mol. The molecule has 0 saturated carbocycles. The van der Waals surface area contributed by atoms with Crippen molar-refractivity contribution in [3.05, 3.63) is 50.2 Å². The van der Waals surface area contributed by atoms with Crippen LogP contribution in [0, 0.1) is 6.92 Å². The normalized spacial score (nSPS) is 12.7. The van der Waals surface area contributed by atoms with Crippen molar-refractivity contribution in [3.8, 4) is 0 Å². The van der Waals surface area contributed by atoms with E-state index in [0.29, 0.717) is 0 Å². The summed E-state index contributed by atoms with van der Waals surface area (Å²) in [6.07, 6.45) is 0.781. The second-order valence-corrected chi connectivity index (χ2v) is 6.26. The number of hydrazine groups is 1. The van der Waals surface area contributed by atoms with Crippen LogP contribution in [0.1, 0.15) is 23.0 Å². The second-order valence-electron chi connectivity index (χ2n) is 4.49. The lowest BCUT2D eigenvalue weighted by Crippen LogP contribution is -2.30. The van der Waals surface area contributed by atoms with E-state index < -0.39 is 0 Å². The van der Waals surface area contributed by atoms with Gasteiger partial charge in [-0.2, -0.15) is 5.10 Å². The quantitative estimate of drug-likeness (QED) is 0.626. The standard InChI is InChI=1S/C13H16Br2N4/c1-8-5-10(19(2)18-8)7-13(17-16)11-6-9(14)3-4-12(11)15/h3-6,13,17H,7,16H2,1-2H3. The monoisotopic (exact) mass is 386 g/mol. The van der Waals surface area contributed by atoms with Gasteiger partial charge in [0.2, 0.25) is 0 Å². The van der Waals surface area contributed by atoms with Crippen molar-refractivity contribution in [2.75, 3.05) is 0 Å². The molecule has 102 valence electrons. The molecule has 1 aromatic carbocycles. The van der Waals surface area contributed by atoms with Crippen LogP contribution in [0.2, 0.25) is 0 Å². The molecular formula is C13H16Br2N4. The summed E-state index contributed by atoms with van der Waals surface area (Å²) in [5, 5.41) is 4.36. The highest BCUT2D eigenvalue weighted by atomic mass is 79.9. The number of nitrogens with zero attached hydrogens (tertiary/aromatic N) is 2. The molecular weight excluding hydrogens is 372 g/mol. The van der Waals surface area contributed by atoms with E-state index >= 15 is 0 Å². The topological polar surface area (TPSA) is 55.9 Å². The Morgan fingerprint density at radius 3 is 2.68 bits per heavy atom. The van der Waals surface area contributed by atoms with Gasteiger partial charge in [-0.25, -0.2) is 0 Å². The van der Waals surface area contributed by atoms with Crippen molar-refractivity contribution in [2.24, 2.45) is 12.9 Å². The third kappa shape index (κ3) is 3.45. The van der Waals surface area contributed by atoms with Gasteiger partial charge in [0.25, 0.3) is 0 Å². The van der Waals surface area contributed by atoms with Crippen LogP contribution in [0.15, 0.2) is 33.2 Å². The maximum absolute atomic E-state index is 5.71. The molecule has 0 aliphatic carbocycles. The molecule has 1 atom stereocenters. The largest absolute Gasteiger partial charge is 0.272 e. The minimum Gasteiger partial charge on any atom is -0.272 e. The van der Waals surface area contributed by atoms with Crippen LogP contribution in [0.3, 0.4) is 0 Å². The zero-order valence-corrected chi connectivity index (χ0v) is 14.0. The number of nitrogens with two attached hydrogens (primary N) is 1. The summed E-state index contributed by atoms with van der Waals surface area (Å²) in [7, 11) is 1.95. The third-order valence-corrected chi connectivity index (χ3v) is 4.26. The number of aryl methyl sites for hydroxylation is 2. The van der Waals surface area contributed by atoms with Crippen LogP contribution in [-0.2, 0) is 13.5 Å². The SMILES string of the molecule is Cc1cc(CC(NN)c2cc(Br)ccc2Br)n(C)n1. The molecule has 0 amide bonds. The minimum atomic E-state index is 0.0293. The summed E-state index contributed by atoms with van der Waals surface area (Å²) >= 11 is 7.06. The fourth-order valence-electron chi connectivity index (χ4n) is 2.10. The van der Waals surface area contributed by atoms with Gasteiger partial charge in [0, 0.05) is 28.1 Å².